The molecule has 0 radical (unpaired) electrons. The molecule has 0 aliphatic heterocycles. The molecule has 0 aromatic heterocycles. The molecule has 4 rings (SSSR count). The van der Waals surface area contributed by atoms with Gasteiger partial charge in [0.1, 0.15) is 0 Å². The van der Waals surface area contributed by atoms with E-state index in [0.717, 1.165) is 24.2 Å². The van der Waals surface area contributed by atoms with Crippen LogP contribution in [0.5, 0.6) is 0 Å². The van der Waals surface area contributed by atoms with E-state index in [4.69, 9.17) is 0 Å². The molecule has 2 nitrogen and oxygen atoms in total. The van der Waals surface area contributed by atoms with Gasteiger partial charge in [0.05, 0.1) is 15.0 Å². The fourth-order valence-electron chi connectivity index (χ4n) is 4.49. The molecule has 0 N–H and O–H groups in total. The quantitative estimate of drug-likeness (QED) is 0.494. The Morgan fingerprint density at radius 2 is 1.24 bits per heavy atom. The van der Waals surface area contributed by atoms with Crippen LogP contribution in [0.4, 0.5) is 0 Å². The van der Waals surface area contributed by atoms with Crippen molar-refractivity contribution in [3.8, 4) is 0 Å². The maximum Gasteiger partial charge on any atom is 0.0785 e. The van der Waals surface area contributed by atoms with E-state index in [0.29, 0.717) is 5.66 Å². The molecule has 0 spiro atoms. The number of rotatable bonds is 5. The second-order valence-electron chi connectivity index (χ2n) is 7.50. The molecule has 150 valence electrons. The molecule has 0 saturated heterocycles. The third kappa shape index (κ3) is 4.17. The summed E-state index contributed by atoms with van der Waals surface area (Å²) < 4.78 is 18.9. The largest absolute Gasteiger partial charge is 0.244 e. The molecule has 1 aliphatic rings. The highest BCUT2D eigenvalue weighted by molar-refractivity contribution is 7.95. The fraction of sp³-hybridized carbons (Fsp3) is 0.280. The van der Waals surface area contributed by atoms with Gasteiger partial charge in [-0.2, -0.15) is 0 Å². The van der Waals surface area contributed by atoms with E-state index in [9.17, 15) is 4.21 Å². The lowest BCUT2D eigenvalue weighted by Gasteiger charge is -2.39. The van der Waals surface area contributed by atoms with Crippen LogP contribution < -0.4 is 10.6 Å². The topological polar surface area (TPSA) is 29.4 Å². The summed E-state index contributed by atoms with van der Waals surface area (Å²) >= 11 is 0. The van der Waals surface area contributed by atoms with Crippen molar-refractivity contribution in [3.63, 3.8) is 0 Å². The minimum atomic E-state index is -2.48. The smallest absolute Gasteiger partial charge is 0.0785 e. The summed E-state index contributed by atoms with van der Waals surface area (Å²) in [5.74, 6) is 0. The van der Waals surface area contributed by atoms with Crippen molar-refractivity contribution in [1.29, 1.82) is 0 Å². The highest BCUT2D eigenvalue weighted by Gasteiger charge is 2.40. The summed E-state index contributed by atoms with van der Waals surface area (Å²) in [6, 6.07) is 31.6. The number of nitrogens with zero attached hydrogens (tertiary/aromatic N) is 1. The Balaban J connectivity index is 1.84. The Morgan fingerprint density at radius 3 is 1.76 bits per heavy atom. The third-order valence-corrected chi connectivity index (χ3v) is 11.9. The van der Waals surface area contributed by atoms with Crippen molar-refractivity contribution in [2.45, 2.75) is 41.5 Å². The highest BCUT2D eigenvalue weighted by atomic mass is 32.2. The molecule has 0 bridgehead atoms. The molecular formula is C25H28NOPS. The zero-order valence-corrected chi connectivity index (χ0v) is 18.6. The van der Waals surface area contributed by atoms with E-state index in [1.807, 2.05) is 30.3 Å². The van der Waals surface area contributed by atoms with E-state index in [1.54, 1.807) is 7.05 Å². The normalized spacial score (nSPS) is 21.4. The highest BCUT2D eigenvalue weighted by Crippen LogP contribution is 2.49. The summed E-state index contributed by atoms with van der Waals surface area (Å²) in [5.41, 5.74) is 0.361. The summed E-state index contributed by atoms with van der Waals surface area (Å²) in [6.45, 7) is 0. The van der Waals surface area contributed by atoms with E-state index in [-0.39, 0.29) is 5.25 Å². The maximum absolute atomic E-state index is 14.3. The molecular weight excluding hydrogens is 393 g/mol. The number of hydrogen-bond acceptors (Lipinski definition) is 2. The molecule has 0 amide bonds. The van der Waals surface area contributed by atoms with Crippen LogP contribution in [0.15, 0.2) is 100 Å². The van der Waals surface area contributed by atoms with Crippen molar-refractivity contribution in [1.82, 2.24) is 0 Å². The predicted molar refractivity (Wildman–Crippen MR) is 126 cm³/mol. The molecule has 1 unspecified atom stereocenters. The van der Waals surface area contributed by atoms with Gasteiger partial charge in [0.15, 0.2) is 0 Å². The van der Waals surface area contributed by atoms with Crippen molar-refractivity contribution >= 4 is 28.3 Å². The molecule has 4 heteroatoms. The lowest BCUT2D eigenvalue weighted by molar-refractivity contribution is 0.510. The molecule has 0 heterocycles. The molecule has 3 aromatic rings. The SMILES string of the molecule is CN=S(=O)(c1ccccc1)[C@@H]1CCCC[C@H]1P(c1ccccc1)c1ccccc1. The van der Waals surface area contributed by atoms with Gasteiger partial charge < -0.3 is 0 Å². The van der Waals surface area contributed by atoms with Crippen molar-refractivity contribution in [2.24, 2.45) is 4.36 Å². The average Bonchev–Trinajstić information content (AvgIpc) is 2.81. The first-order valence-corrected chi connectivity index (χ1v) is 13.3. The van der Waals surface area contributed by atoms with E-state index in [1.165, 1.54) is 17.0 Å². The first-order chi connectivity index (χ1) is 14.2. The zero-order chi connectivity index (χ0) is 20.1. The summed E-state index contributed by atoms with van der Waals surface area (Å²) in [6.07, 6.45) is 4.43. The number of hydrogen-bond donors (Lipinski definition) is 0. The van der Waals surface area contributed by atoms with Gasteiger partial charge in [0.2, 0.25) is 0 Å². The van der Waals surface area contributed by atoms with E-state index >= 15 is 0 Å². The summed E-state index contributed by atoms with van der Waals surface area (Å²) in [5, 5.41) is 2.82. The van der Waals surface area contributed by atoms with Gasteiger partial charge >= 0.3 is 0 Å². The molecule has 1 saturated carbocycles. The first-order valence-electron chi connectivity index (χ1n) is 10.3. The molecule has 3 aromatic carbocycles. The van der Waals surface area contributed by atoms with Crippen LogP contribution in [0, 0.1) is 0 Å². The minimum Gasteiger partial charge on any atom is -0.244 e. The maximum atomic E-state index is 14.3. The van der Waals surface area contributed by atoms with E-state index < -0.39 is 17.7 Å². The lowest BCUT2D eigenvalue weighted by Crippen LogP contribution is -2.39. The summed E-state index contributed by atoms with van der Waals surface area (Å²) in [7, 11) is -1.34. The third-order valence-electron chi connectivity index (χ3n) is 5.83. The van der Waals surface area contributed by atoms with Gasteiger partial charge in [0, 0.05) is 17.6 Å². The van der Waals surface area contributed by atoms with Gasteiger partial charge in [-0.15, -0.1) is 0 Å². The van der Waals surface area contributed by atoms with Crippen LogP contribution in [0.2, 0.25) is 0 Å². The van der Waals surface area contributed by atoms with Gasteiger partial charge in [-0.1, -0.05) is 91.7 Å². The lowest BCUT2D eigenvalue weighted by atomic mass is 9.99. The van der Waals surface area contributed by atoms with Crippen LogP contribution in [0.1, 0.15) is 25.7 Å². The van der Waals surface area contributed by atoms with Gasteiger partial charge in [-0.05, 0) is 43.5 Å². The Hall–Kier alpha value is -1.96. The van der Waals surface area contributed by atoms with Crippen LogP contribution in [0.3, 0.4) is 0 Å². The second kappa shape index (κ2) is 9.24. The number of benzene rings is 3. The average molecular weight is 422 g/mol. The van der Waals surface area contributed by atoms with Gasteiger partial charge in [-0.3, -0.25) is 0 Å². The van der Waals surface area contributed by atoms with Crippen molar-refractivity contribution in [3.05, 3.63) is 91.0 Å². The molecule has 3 atom stereocenters. The predicted octanol–water partition coefficient (Wildman–Crippen LogP) is 5.59. The zero-order valence-electron chi connectivity index (χ0n) is 16.9. The van der Waals surface area contributed by atoms with Crippen LogP contribution in [0.25, 0.3) is 0 Å². The minimum absolute atomic E-state index is 0.0789. The summed E-state index contributed by atoms with van der Waals surface area (Å²) in [4.78, 5) is 0.885. The Labute approximate surface area is 176 Å². The second-order valence-corrected chi connectivity index (χ2v) is 12.5. The van der Waals surface area contributed by atoms with Gasteiger partial charge in [0.25, 0.3) is 0 Å². The van der Waals surface area contributed by atoms with Crippen LogP contribution in [-0.4, -0.2) is 22.2 Å². The molecule has 29 heavy (non-hydrogen) atoms. The van der Waals surface area contributed by atoms with Crippen molar-refractivity contribution < 1.29 is 4.21 Å². The van der Waals surface area contributed by atoms with E-state index in [2.05, 4.69) is 65.0 Å². The Kier molecular flexibility index (Phi) is 6.47. The van der Waals surface area contributed by atoms with Gasteiger partial charge in [-0.25, -0.2) is 8.57 Å². The Bertz CT molecular complexity index is 991. The van der Waals surface area contributed by atoms with Crippen LogP contribution >= 0.6 is 7.92 Å². The Morgan fingerprint density at radius 1 is 0.759 bits per heavy atom. The van der Waals surface area contributed by atoms with Crippen molar-refractivity contribution in [2.75, 3.05) is 7.05 Å². The fourth-order valence-corrected chi connectivity index (χ4v) is 10.7. The standard InChI is InChI=1S/C25H28NOPS/c1-26-29(27,23-17-9-4-10-18-23)25-20-12-11-19-24(25)28(21-13-5-2-6-14-21)22-15-7-3-8-16-22/h2-10,13-18,24-25H,11-12,19-20H2,1H3/t24-,25-,29?/m1/s1. The molecule has 1 fully saturated rings. The monoisotopic (exact) mass is 421 g/mol. The van der Waals surface area contributed by atoms with Crippen LogP contribution in [-0.2, 0) is 9.73 Å². The molecule has 1 aliphatic carbocycles. The first kappa shape index (κ1) is 20.3.